The van der Waals surface area contributed by atoms with Crippen molar-refractivity contribution >= 4 is 5.91 Å². The molecule has 0 saturated carbocycles. The predicted octanol–water partition coefficient (Wildman–Crippen LogP) is 1.52. The Balaban J connectivity index is 1.53. The van der Waals surface area contributed by atoms with Crippen LogP contribution in [0.4, 0.5) is 0 Å². The Morgan fingerprint density at radius 2 is 2.25 bits per heavy atom. The average molecular weight is 279 g/mol. The molecule has 6 heteroatoms. The van der Waals surface area contributed by atoms with Crippen molar-refractivity contribution in [2.45, 2.75) is 44.4 Å². The smallest absolute Gasteiger partial charge is 0.228 e. The highest BCUT2D eigenvalue weighted by atomic mass is 16.5. The van der Waals surface area contributed by atoms with E-state index in [-0.39, 0.29) is 11.8 Å². The highest BCUT2D eigenvalue weighted by Crippen LogP contribution is 2.22. The Bertz CT molecular complexity index is 454. The van der Waals surface area contributed by atoms with Crippen molar-refractivity contribution in [1.82, 2.24) is 15.0 Å². The molecule has 0 N–H and O–H groups in total. The number of hydrogen-bond donors (Lipinski definition) is 0. The minimum atomic E-state index is 0.256. The number of nitrogens with zero attached hydrogens (tertiary/aromatic N) is 3. The van der Waals surface area contributed by atoms with Crippen molar-refractivity contribution in [2.75, 3.05) is 26.3 Å². The minimum Gasteiger partial charge on any atom is -0.381 e. The summed E-state index contributed by atoms with van der Waals surface area (Å²) in [6.07, 6.45) is 5.54. The van der Waals surface area contributed by atoms with E-state index in [0.29, 0.717) is 31.9 Å². The van der Waals surface area contributed by atoms with E-state index in [2.05, 4.69) is 10.1 Å². The van der Waals surface area contributed by atoms with Crippen molar-refractivity contribution in [3.05, 3.63) is 11.7 Å². The van der Waals surface area contributed by atoms with E-state index in [0.717, 1.165) is 44.7 Å². The second-order valence-electron chi connectivity index (χ2n) is 5.55. The van der Waals surface area contributed by atoms with Crippen LogP contribution in [0.2, 0.25) is 0 Å². The number of carbonyl (C=O) groups excluding carboxylic acids is 1. The summed E-state index contributed by atoms with van der Waals surface area (Å²) < 4.78 is 10.6. The Labute approximate surface area is 118 Å². The van der Waals surface area contributed by atoms with Gasteiger partial charge in [-0.3, -0.25) is 4.79 Å². The van der Waals surface area contributed by atoms with Crippen LogP contribution in [0.15, 0.2) is 4.52 Å². The molecule has 0 spiro atoms. The first kappa shape index (κ1) is 13.5. The lowest BCUT2D eigenvalue weighted by Gasteiger charge is -2.19. The van der Waals surface area contributed by atoms with E-state index in [1.165, 1.54) is 0 Å². The Morgan fingerprint density at radius 1 is 1.30 bits per heavy atom. The lowest BCUT2D eigenvalue weighted by molar-refractivity contribution is -0.130. The van der Waals surface area contributed by atoms with E-state index in [9.17, 15) is 4.79 Å². The van der Waals surface area contributed by atoms with Crippen LogP contribution in [0.1, 0.15) is 49.7 Å². The van der Waals surface area contributed by atoms with Gasteiger partial charge in [-0.2, -0.15) is 4.98 Å². The zero-order chi connectivity index (χ0) is 13.8. The maximum Gasteiger partial charge on any atom is 0.228 e. The lowest BCUT2D eigenvalue weighted by Crippen LogP contribution is -2.32. The number of aromatic nitrogens is 2. The summed E-state index contributed by atoms with van der Waals surface area (Å²) in [5, 5.41) is 4.03. The number of hydrogen-bond acceptors (Lipinski definition) is 5. The summed E-state index contributed by atoms with van der Waals surface area (Å²) in [6.45, 7) is 3.00. The average Bonchev–Trinajstić information content (AvgIpc) is 3.08. The van der Waals surface area contributed by atoms with Crippen molar-refractivity contribution in [3.63, 3.8) is 0 Å². The minimum absolute atomic E-state index is 0.256. The van der Waals surface area contributed by atoms with Crippen LogP contribution in [0.5, 0.6) is 0 Å². The van der Waals surface area contributed by atoms with Gasteiger partial charge < -0.3 is 14.2 Å². The van der Waals surface area contributed by atoms with Crippen LogP contribution in [-0.2, 0) is 16.0 Å². The zero-order valence-corrected chi connectivity index (χ0v) is 11.7. The highest BCUT2D eigenvalue weighted by molar-refractivity contribution is 5.76. The normalized spacial score (nSPS) is 24.1. The zero-order valence-electron chi connectivity index (χ0n) is 11.7. The Kier molecular flexibility index (Phi) is 4.30. The van der Waals surface area contributed by atoms with Crippen LogP contribution < -0.4 is 0 Å². The molecule has 1 amide bonds. The molecule has 0 radical (unpaired) electrons. The van der Waals surface area contributed by atoms with Crippen LogP contribution in [0.3, 0.4) is 0 Å². The van der Waals surface area contributed by atoms with E-state index in [1.54, 1.807) is 0 Å². The molecule has 110 valence electrons. The molecule has 20 heavy (non-hydrogen) atoms. The largest absolute Gasteiger partial charge is 0.381 e. The third-order valence-corrected chi connectivity index (χ3v) is 4.05. The lowest BCUT2D eigenvalue weighted by atomic mass is 10.1. The molecule has 0 bridgehead atoms. The molecule has 3 heterocycles. The summed E-state index contributed by atoms with van der Waals surface area (Å²) in [7, 11) is 0. The second kappa shape index (κ2) is 6.35. The van der Waals surface area contributed by atoms with Crippen LogP contribution >= 0.6 is 0 Å². The van der Waals surface area contributed by atoms with Gasteiger partial charge in [-0.25, -0.2) is 0 Å². The van der Waals surface area contributed by atoms with Gasteiger partial charge in [-0.15, -0.1) is 0 Å². The molecule has 2 saturated heterocycles. The fourth-order valence-electron chi connectivity index (χ4n) is 2.78. The van der Waals surface area contributed by atoms with Crippen molar-refractivity contribution in [3.8, 4) is 0 Å². The van der Waals surface area contributed by atoms with Crippen molar-refractivity contribution in [1.29, 1.82) is 0 Å². The van der Waals surface area contributed by atoms with Crippen molar-refractivity contribution in [2.24, 2.45) is 0 Å². The summed E-state index contributed by atoms with van der Waals surface area (Å²) in [4.78, 5) is 18.2. The predicted molar refractivity (Wildman–Crippen MR) is 71.2 cm³/mol. The standard InChI is InChI=1S/C14H21N3O3/c18-13-4-2-1-3-7-17(13)8-5-12-15-14(16-20-12)11-6-9-19-10-11/h11H,1-10H2. The maximum atomic E-state index is 11.9. The summed E-state index contributed by atoms with van der Waals surface area (Å²) in [5.74, 6) is 1.90. The maximum absolute atomic E-state index is 11.9. The molecule has 6 nitrogen and oxygen atoms in total. The molecular formula is C14H21N3O3. The van der Waals surface area contributed by atoms with E-state index < -0.39 is 0 Å². The third-order valence-electron chi connectivity index (χ3n) is 4.05. The van der Waals surface area contributed by atoms with Gasteiger partial charge in [-0.05, 0) is 19.3 Å². The number of ether oxygens (including phenoxy) is 1. The first-order chi connectivity index (χ1) is 9.83. The van der Waals surface area contributed by atoms with Crippen molar-refractivity contribution < 1.29 is 14.1 Å². The number of rotatable bonds is 4. The molecule has 1 aromatic heterocycles. The van der Waals surface area contributed by atoms with Gasteiger partial charge in [0.25, 0.3) is 0 Å². The molecule has 1 aromatic rings. The molecule has 1 atom stereocenters. The molecule has 2 aliphatic rings. The van der Waals surface area contributed by atoms with Crippen LogP contribution in [0, 0.1) is 0 Å². The second-order valence-corrected chi connectivity index (χ2v) is 5.55. The molecular weight excluding hydrogens is 258 g/mol. The van der Waals surface area contributed by atoms with Gasteiger partial charge in [0, 0.05) is 38.5 Å². The fourth-order valence-corrected chi connectivity index (χ4v) is 2.78. The van der Waals surface area contributed by atoms with Gasteiger partial charge in [0.05, 0.1) is 6.61 Å². The Morgan fingerprint density at radius 3 is 3.10 bits per heavy atom. The first-order valence-corrected chi connectivity index (χ1v) is 7.51. The molecule has 2 aliphatic heterocycles. The number of carbonyl (C=O) groups is 1. The van der Waals surface area contributed by atoms with E-state index >= 15 is 0 Å². The fraction of sp³-hybridized carbons (Fsp3) is 0.786. The van der Waals surface area contributed by atoms with Crippen LogP contribution in [0.25, 0.3) is 0 Å². The van der Waals surface area contributed by atoms with Crippen LogP contribution in [-0.4, -0.2) is 47.3 Å². The number of amides is 1. The van der Waals surface area contributed by atoms with Gasteiger partial charge >= 0.3 is 0 Å². The quantitative estimate of drug-likeness (QED) is 0.836. The molecule has 3 rings (SSSR count). The molecule has 0 aliphatic carbocycles. The summed E-state index contributed by atoms with van der Waals surface area (Å²) in [5.41, 5.74) is 0. The molecule has 1 unspecified atom stereocenters. The molecule has 2 fully saturated rings. The van der Waals surface area contributed by atoms with E-state index in [4.69, 9.17) is 9.26 Å². The van der Waals surface area contributed by atoms with E-state index in [1.807, 2.05) is 4.90 Å². The molecule has 0 aromatic carbocycles. The monoisotopic (exact) mass is 279 g/mol. The highest BCUT2D eigenvalue weighted by Gasteiger charge is 2.23. The topological polar surface area (TPSA) is 68.5 Å². The third kappa shape index (κ3) is 3.17. The van der Waals surface area contributed by atoms with Gasteiger partial charge in [0.2, 0.25) is 11.8 Å². The summed E-state index contributed by atoms with van der Waals surface area (Å²) >= 11 is 0. The Hall–Kier alpha value is -1.43. The number of likely N-dealkylation sites (tertiary alicyclic amines) is 1. The summed E-state index contributed by atoms with van der Waals surface area (Å²) in [6, 6.07) is 0. The van der Waals surface area contributed by atoms with Gasteiger partial charge in [-0.1, -0.05) is 11.6 Å². The SMILES string of the molecule is O=C1CCCCCN1CCc1nc(C2CCOC2)no1. The first-order valence-electron chi connectivity index (χ1n) is 7.51. The van der Waals surface area contributed by atoms with Gasteiger partial charge in [0.15, 0.2) is 5.82 Å². The van der Waals surface area contributed by atoms with Gasteiger partial charge in [0.1, 0.15) is 0 Å².